The second-order valence-electron chi connectivity index (χ2n) is 5.94. The van der Waals surface area contributed by atoms with Gasteiger partial charge in [0.05, 0.1) is 5.56 Å². The van der Waals surface area contributed by atoms with Crippen molar-refractivity contribution in [3.8, 4) is 5.75 Å². The number of hydrogen-bond acceptors (Lipinski definition) is 3. The Hall–Kier alpha value is -3.54. The van der Waals surface area contributed by atoms with Crippen molar-refractivity contribution in [1.29, 1.82) is 0 Å². The van der Waals surface area contributed by atoms with Crippen LogP contribution in [-0.2, 0) is 0 Å². The summed E-state index contributed by atoms with van der Waals surface area (Å²) in [5, 5.41) is 3.66. The maximum atomic E-state index is 12.9. The summed E-state index contributed by atoms with van der Waals surface area (Å²) < 4.78 is 30.4. The molecule has 3 aromatic carbocycles. The predicted octanol–water partition coefficient (Wildman–Crippen LogP) is 4.70. The Balaban J connectivity index is 1.90. The second kappa shape index (κ2) is 8.43. The highest BCUT2D eigenvalue weighted by molar-refractivity contribution is 6.12. The summed E-state index contributed by atoms with van der Waals surface area (Å²) in [6.45, 7) is -3.04. The Morgan fingerprint density at radius 3 is 2.39 bits per heavy atom. The van der Waals surface area contributed by atoms with E-state index in [-0.39, 0.29) is 17.2 Å². The van der Waals surface area contributed by atoms with E-state index in [1.807, 2.05) is 0 Å². The number of alkyl halides is 2. The number of carbonyl (C=O) groups excluding carboxylic acids is 2. The van der Waals surface area contributed by atoms with Crippen LogP contribution in [0.25, 0.3) is 16.8 Å². The van der Waals surface area contributed by atoms with Crippen LogP contribution in [0.5, 0.6) is 5.75 Å². The topological polar surface area (TPSA) is 55.4 Å². The summed E-state index contributed by atoms with van der Waals surface area (Å²) in [4.78, 5) is 24.2. The van der Waals surface area contributed by atoms with Crippen LogP contribution >= 0.6 is 0 Å². The van der Waals surface area contributed by atoms with E-state index < -0.39 is 12.4 Å². The van der Waals surface area contributed by atoms with Gasteiger partial charge in [-0.1, -0.05) is 48.5 Å². The lowest BCUT2D eigenvalue weighted by molar-refractivity contribution is -0.0490. The number of fused-ring (bicyclic) bond motifs is 1. The first kappa shape index (κ1) is 19.2. The van der Waals surface area contributed by atoms with E-state index >= 15 is 0 Å². The lowest BCUT2D eigenvalue weighted by Crippen LogP contribution is -2.17. The third kappa shape index (κ3) is 4.23. The number of ether oxygens (including phenoxy) is 1. The first-order chi connectivity index (χ1) is 13.5. The van der Waals surface area contributed by atoms with Crippen LogP contribution < -0.4 is 10.1 Å². The van der Waals surface area contributed by atoms with Gasteiger partial charge < -0.3 is 10.1 Å². The van der Waals surface area contributed by atoms with Crippen molar-refractivity contribution < 1.29 is 23.1 Å². The molecule has 0 spiro atoms. The first-order valence-electron chi connectivity index (χ1n) is 8.50. The van der Waals surface area contributed by atoms with Crippen LogP contribution in [0.3, 0.4) is 0 Å². The molecular formula is C22H17F2NO3. The number of hydrogen-bond donors (Lipinski definition) is 1. The molecule has 0 fully saturated rings. The minimum Gasteiger partial charge on any atom is -0.433 e. The van der Waals surface area contributed by atoms with Gasteiger partial charge in [0.25, 0.3) is 5.91 Å². The van der Waals surface area contributed by atoms with Crippen LogP contribution in [-0.4, -0.2) is 25.3 Å². The van der Waals surface area contributed by atoms with Gasteiger partial charge in [-0.2, -0.15) is 8.78 Å². The van der Waals surface area contributed by atoms with Crippen molar-refractivity contribution in [2.75, 3.05) is 7.05 Å². The average molecular weight is 381 g/mol. The summed E-state index contributed by atoms with van der Waals surface area (Å²) >= 11 is 0. The maximum Gasteiger partial charge on any atom is 0.387 e. The Morgan fingerprint density at radius 2 is 1.71 bits per heavy atom. The monoisotopic (exact) mass is 381 g/mol. The SMILES string of the molecule is CNC(=O)c1ccc(C=CC(=O)c2ccc3ccccc3c2OC(F)F)cc1. The van der Waals surface area contributed by atoms with Crippen LogP contribution in [0.1, 0.15) is 26.3 Å². The lowest BCUT2D eigenvalue weighted by Gasteiger charge is -2.12. The molecule has 0 aromatic heterocycles. The quantitative estimate of drug-likeness (QED) is 0.498. The normalized spacial score (nSPS) is 11.1. The van der Waals surface area contributed by atoms with E-state index in [2.05, 4.69) is 10.1 Å². The van der Waals surface area contributed by atoms with E-state index in [0.29, 0.717) is 21.9 Å². The average Bonchev–Trinajstić information content (AvgIpc) is 2.71. The highest BCUT2D eigenvalue weighted by Gasteiger charge is 2.17. The smallest absolute Gasteiger partial charge is 0.387 e. The molecule has 142 valence electrons. The van der Waals surface area contributed by atoms with Gasteiger partial charge in [0.15, 0.2) is 5.78 Å². The molecule has 3 aromatic rings. The molecule has 1 amide bonds. The molecule has 0 bridgehead atoms. The minimum atomic E-state index is -3.04. The van der Waals surface area contributed by atoms with Gasteiger partial charge in [-0.05, 0) is 35.2 Å². The van der Waals surface area contributed by atoms with E-state index in [9.17, 15) is 18.4 Å². The number of rotatable bonds is 6. The number of benzene rings is 3. The van der Waals surface area contributed by atoms with Crippen LogP contribution in [0.4, 0.5) is 8.78 Å². The van der Waals surface area contributed by atoms with Crippen molar-refractivity contribution in [1.82, 2.24) is 5.32 Å². The molecule has 0 radical (unpaired) electrons. The Bertz CT molecular complexity index is 1040. The Morgan fingerprint density at radius 1 is 1.00 bits per heavy atom. The van der Waals surface area contributed by atoms with Crippen LogP contribution in [0.2, 0.25) is 0 Å². The fourth-order valence-corrected chi connectivity index (χ4v) is 2.80. The first-order valence-corrected chi connectivity index (χ1v) is 8.50. The molecule has 0 atom stereocenters. The van der Waals surface area contributed by atoms with E-state index in [1.54, 1.807) is 60.7 Å². The highest BCUT2D eigenvalue weighted by atomic mass is 19.3. The minimum absolute atomic E-state index is 0.0530. The zero-order valence-electron chi connectivity index (χ0n) is 15.0. The molecule has 3 rings (SSSR count). The van der Waals surface area contributed by atoms with Gasteiger partial charge in [-0.25, -0.2) is 0 Å². The van der Waals surface area contributed by atoms with E-state index in [1.165, 1.54) is 19.2 Å². The van der Waals surface area contributed by atoms with Crippen molar-refractivity contribution >= 4 is 28.5 Å². The molecule has 0 aliphatic rings. The van der Waals surface area contributed by atoms with Crippen molar-refractivity contribution in [2.24, 2.45) is 0 Å². The predicted molar refractivity (Wildman–Crippen MR) is 104 cm³/mol. The van der Waals surface area contributed by atoms with Gasteiger partial charge >= 0.3 is 6.61 Å². The molecule has 0 unspecified atom stereocenters. The zero-order valence-corrected chi connectivity index (χ0v) is 15.0. The van der Waals surface area contributed by atoms with Gasteiger partial charge in [-0.3, -0.25) is 9.59 Å². The highest BCUT2D eigenvalue weighted by Crippen LogP contribution is 2.32. The number of halogens is 2. The number of carbonyl (C=O) groups is 2. The van der Waals surface area contributed by atoms with Gasteiger partial charge in [0, 0.05) is 18.0 Å². The van der Waals surface area contributed by atoms with Crippen LogP contribution in [0, 0.1) is 0 Å². The molecular weight excluding hydrogens is 364 g/mol. The fourth-order valence-electron chi connectivity index (χ4n) is 2.80. The van der Waals surface area contributed by atoms with Gasteiger partial charge in [0.2, 0.25) is 0 Å². The number of nitrogens with one attached hydrogen (secondary N) is 1. The van der Waals surface area contributed by atoms with Crippen molar-refractivity contribution in [2.45, 2.75) is 6.61 Å². The Labute approximate surface area is 160 Å². The third-order valence-electron chi connectivity index (χ3n) is 4.18. The van der Waals surface area contributed by atoms with Crippen molar-refractivity contribution in [3.05, 3.63) is 83.4 Å². The summed E-state index contributed by atoms with van der Waals surface area (Å²) in [5.41, 5.74) is 1.24. The number of allylic oxidation sites excluding steroid dienone is 1. The molecule has 0 heterocycles. The lowest BCUT2D eigenvalue weighted by atomic mass is 10.0. The summed E-state index contributed by atoms with van der Waals surface area (Å²) in [7, 11) is 1.54. The largest absolute Gasteiger partial charge is 0.433 e. The molecule has 28 heavy (non-hydrogen) atoms. The molecule has 4 nitrogen and oxygen atoms in total. The third-order valence-corrected chi connectivity index (χ3v) is 4.18. The van der Waals surface area contributed by atoms with E-state index in [4.69, 9.17) is 0 Å². The summed E-state index contributed by atoms with van der Waals surface area (Å²) in [6.07, 6.45) is 2.84. The molecule has 0 saturated carbocycles. The molecule has 1 N–H and O–H groups in total. The summed E-state index contributed by atoms with van der Waals surface area (Å²) in [5.74, 6) is -0.814. The van der Waals surface area contributed by atoms with Crippen LogP contribution in [0.15, 0.2) is 66.7 Å². The fraction of sp³-hybridized carbons (Fsp3) is 0.0909. The Kier molecular flexibility index (Phi) is 5.79. The van der Waals surface area contributed by atoms with E-state index in [0.717, 1.165) is 0 Å². The molecule has 0 aliphatic carbocycles. The number of ketones is 1. The van der Waals surface area contributed by atoms with Gasteiger partial charge in [0.1, 0.15) is 5.75 Å². The standard InChI is InChI=1S/C22H17F2NO3/c1-25-21(27)16-9-6-14(7-10-16)8-13-19(26)18-12-11-15-4-2-3-5-17(15)20(18)28-22(23)24/h2-13,22H,1H3,(H,25,27). The molecule has 0 saturated heterocycles. The maximum absolute atomic E-state index is 12.9. The summed E-state index contributed by atoms with van der Waals surface area (Å²) in [6, 6.07) is 16.6. The molecule has 6 heteroatoms. The zero-order chi connectivity index (χ0) is 20.1. The second-order valence-corrected chi connectivity index (χ2v) is 5.94. The number of amides is 1. The van der Waals surface area contributed by atoms with Gasteiger partial charge in [-0.15, -0.1) is 0 Å². The van der Waals surface area contributed by atoms with Crippen molar-refractivity contribution in [3.63, 3.8) is 0 Å². The molecule has 0 aliphatic heterocycles.